The summed E-state index contributed by atoms with van der Waals surface area (Å²) in [4.78, 5) is 23.4. The van der Waals surface area contributed by atoms with Crippen LogP contribution in [0.5, 0.6) is 0 Å². The number of nitrogens with two attached hydrogens (primary N) is 1. The maximum atomic E-state index is 12.2. The van der Waals surface area contributed by atoms with Gasteiger partial charge in [-0.15, -0.1) is 0 Å². The Balaban J connectivity index is 2.29. The molecule has 0 spiro atoms. The second-order valence-electron chi connectivity index (χ2n) is 5.74. The molecule has 0 aromatic carbocycles. The molecule has 2 N–H and O–H groups in total. The number of ketones is 1. The molecule has 16 heavy (non-hydrogen) atoms. The Morgan fingerprint density at radius 3 is 2.62 bits per heavy atom. The Morgan fingerprint density at radius 1 is 1.62 bits per heavy atom. The fourth-order valence-corrected chi connectivity index (χ4v) is 4.41. The minimum Gasteiger partial charge on any atom is -0.369 e. The molecule has 2 fully saturated rings. The van der Waals surface area contributed by atoms with Gasteiger partial charge in [-0.2, -0.15) is 0 Å². The molecule has 2 aliphatic rings. The molecule has 1 amide bonds. The Hall–Kier alpha value is -0.130. The molecule has 0 aliphatic heterocycles. The average Bonchev–Trinajstić information content (AvgIpc) is 2.51. The monoisotopic (exact) mass is 335 g/mol. The standard InChI is InChI=1S/C12H18INO2/c1-11(2)7-3-4-12(11,9(15)5-7)6-8(13)10(14)16/h7-8H,3-6H2,1-2H3,(H2,14,16). The van der Waals surface area contributed by atoms with Crippen molar-refractivity contribution in [2.24, 2.45) is 22.5 Å². The van der Waals surface area contributed by atoms with Crippen molar-refractivity contribution >= 4 is 34.3 Å². The van der Waals surface area contributed by atoms with Gasteiger partial charge in [0.2, 0.25) is 5.91 Å². The zero-order chi connectivity index (χ0) is 12.1. The second kappa shape index (κ2) is 3.68. The molecule has 4 heteroatoms. The van der Waals surface area contributed by atoms with E-state index < -0.39 is 0 Å². The number of primary amides is 1. The molecule has 2 bridgehead atoms. The van der Waals surface area contributed by atoms with Crippen LogP contribution in [0.2, 0.25) is 0 Å². The predicted molar refractivity (Wildman–Crippen MR) is 70.2 cm³/mol. The molecule has 0 aromatic heterocycles. The van der Waals surface area contributed by atoms with Gasteiger partial charge < -0.3 is 5.73 Å². The van der Waals surface area contributed by atoms with Gasteiger partial charge in [0, 0.05) is 11.8 Å². The first-order chi connectivity index (χ1) is 7.31. The van der Waals surface area contributed by atoms with E-state index in [-0.39, 0.29) is 20.7 Å². The summed E-state index contributed by atoms with van der Waals surface area (Å²) in [6.45, 7) is 4.36. The number of fused-ring (bicyclic) bond motifs is 2. The third-order valence-electron chi connectivity index (χ3n) is 4.98. The molecule has 3 atom stereocenters. The van der Waals surface area contributed by atoms with Crippen molar-refractivity contribution in [2.75, 3.05) is 0 Å². The lowest BCUT2D eigenvalue weighted by Crippen LogP contribution is -2.40. The highest BCUT2D eigenvalue weighted by Gasteiger charge is 2.64. The van der Waals surface area contributed by atoms with Gasteiger partial charge in [-0.3, -0.25) is 9.59 Å². The van der Waals surface area contributed by atoms with Crippen molar-refractivity contribution in [2.45, 2.75) is 43.5 Å². The van der Waals surface area contributed by atoms with Gasteiger partial charge in [0.05, 0.1) is 3.92 Å². The fourth-order valence-electron chi connectivity index (χ4n) is 3.65. The smallest absolute Gasteiger partial charge is 0.230 e. The molecule has 0 saturated heterocycles. The summed E-state index contributed by atoms with van der Waals surface area (Å²) in [6.07, 6.45) is 3.40. The minimum atomic E-state index is -0.297. The highest BCUT2D eigenvalue weighted by Crippen LogP contribution is 2.65. The van der Waals surface area contributed by atoms with Gasteiger partial charge in [0.15, 0.2) is 0 Å². The van der Waals surface area contributed by atoms with E-state index in [0.29, 0.717) is 24.5 Å². The van der Waals surface area contributed by atoms with E-state index in [0.717, 1.165) is 12.8 Å². The highest BCUT2D eigenvalue weighted by molar-refractivity contribution is 14.1. The summed E-state index contributed by atoms with van der Waals surface area (Å²) in [5, 5.41) is 0. The lowest BCUT2D eigenvalue weighted by Gasteiger charge is -2.37. The third-order valence-corrected chi connectivity index (χ3v) is 6.03. The zero-order valence-electron chi connectivity index (χ0n) is 9.75. The molecule has 3 nitrogen and oxygen atoms in total. The maximum Gasteiger partial charge on any atom is 0.230 e. The Labute approximate surface area is 110 Å². The van der Waals surface area contributed by atoms with Crippen LogP contribution < -0.4 is 5.73 Å². The third kappa shape index (κ3) is 1.45. The van der Waals surface area contributed by atoms with Crippen LogP contribution in [0.1, 0.15) is 39.5 Å². The van der Waals surface area contributed by atoms with Crippen LogP contribution in [0.3, 0.4) is 0 Å². The topological polar surface area (TPSA) is 60.2 Å². The van der Waals surface area contributed by atoms with Gasteiger partial charge in [-0.25, -0.2) is 0 Å². The Kier molecular flexibility index (Phi) is 2.84. The number of amides is 1. The van der Waals surface area contributed by atoms with Gasteiger partial charge in [-0.1, -0.05) is 36.4 Å². The van der Waals surface area contributed by atoms with Crippen LogP contribution >= 0.6 is 22.6 Å². The van der Waals surface area contributed by atoms with E-state index >= 15 is 0 Å². The number of hydrogen-bond donors (Lipinski definition) is 1. The number of carbonyl (C=O) groups is 2. The summed E-state index contributed by atoms with van der Waals surface area (Å²) in [7, 11) is 0. The Morgan fingerprint density at radius 2 is 2.25 bits per heavy atom. The number of halogens is 1. The number of alkyl halides is 1. The first-order valence-corrected chi connectivity index (χ1v) is 7.02. The van der Waals surface area contributed by atoms with E-state index in [1.807, 2.05) is 0 Å². The lowest BCUT2D eigenvalue weighted by atomic mass is 9.66. The molecule has 0 aromatic rings. The zero-order valence-corrected chi connectivity index (χ0v) is 11.9. The number of hydrogen-bond acceptors (Lipinski definition) is 2. The van der Waals surface area contributed by atoms with Gasteiger partial charge >= 0.3 is 0 Å². The van der Waals surface area contributed by atoms with Crippen LogP contribution in [-0.2, 0) is 9.59 Å². The average molecular weight is 335 g/mol. The summed E-state index contributed by atoms with van der Waals surface area (Å²) >= 11 is 2.07. The Bertz CT molecular complexity index is 353. The normalized spacial score (nSPS) is 37.7. The van der Waals surface area contributed by atoms with Crippen molar-refractivity contribution in [3.63, 3.8) is 0 Å². The van der Waals surface area contributed by atoms with Gasteiger partial charge in [-0.05, 0) is 30.6 Å². The summed E-state index contributed by atoms with van der Waals surface area (Å²) in [5.41, 5.74) is 5.08. The molecule has 2 rings (SSSR count). The molecule has 0 heterocycles. The second-order valence-corrected chi connectivity index (χ2v) is 7.24. The van der Waals surface area contributed by atoms with Crippen molar-refractivity contribution in [3.05, 3.63) is 0 Å². The van der Waals surface area contributed by atoms with Crippen molar-refractivity contribution in [1.29, 1.82) is 0 Å². The molecule has 90 valence electrons. The summed E-state index contributed by atoms with van der Waals surface area (Å²) < 4.78 is -0.224. The van der Waals surface area contributed by atoms with Crippen LogP contribution in [0.25, 0.3) is 0 Å². The first-order valence-electron chi connectivity index (χ1n) is 5.78. The number of Topliss-reactive ketones (excluding diaryl/α,β-unsaturated/α-hetero) is 1. The largest absolute Gasteiger partial charge is 0.369 e. The highest BCUT2D eigenvalue weighted by atomic mass is 127. The number of rotatable bonds is 3. The van der Waals surface area contributed by atoms with E-state index in [1.54, 1.807) is 0 Å². The molecular formula is C12H18INO2. The summed E-state index contributed by atoms with van der Waals surface area (Å²) in [6, 6.07) is 0. The molecule has 2 aliphatic carbocycles. The maximum absolute atomic E-state index is 12.2. The predicted octanol–water partition coefficient (Wildman–Crippen LogP) is 2.06. The van der Waals surface area contributed by atoms with Gasteiger partial charge in [0.1, 0.15) is 5.78 Å². The minimum absolute atomic E-state index is 0.0446. The molecular weight excluding hydrogens is 317 g/mol. The SMILES string of the molecule is CC1(C)C2CCC1(CC(I)C(N)=O)C(=O)C2. The quantitative estimate of drug-likeness (QED) is 0.634. The van der Waals surface area contributed by atoms with Crippen LogP contribution in [-0.4, -0.2) is 15.6 Å². The summed E-state index contributed by atoms with van der Waals surface area (Å²) in [5.74, 6) is 0.571. The van der Waals surface area contributed by atoms with E-state index in [2.05, 4.69) is 36.4 Å². The molecule has 2 saturated carbocycles. The fraction of sp³-hybridized carbons (Fsp3) is 0.833. The van der Waals surface area contributed by atoms with Gasteiger partial charge in [0.25, 0.3) is 0 Å². The first kappa shape index (κ1) is 12.3. The van der Waals surface area contributed by atoms with E-state index in [4.69, 9.17) is 5.73 Å². The van der Waals surface area contributed by atoms with E-state index in [1.165, 1.54) is 0 Å². The van der Waals surface area contributed by atoms with Crippen molar-refractivity contribution < 1.29 is 9.59 Å². The lowest BCUT2D eigenvalue weighted by molar-refractivity contribution is -0.130. The van der Waals surface area contributed by atoms with Crippen LogP contribution in [0, 0.1) is 16.7 Å². The van der Waals surface area contributed by atoms with Crippen molar-refractivity contribution in [1.82, 2.24) is 0 Å². The molecule has 3 unspecified atom stereocenters. The van der Waals surface area contributed by atoms with Crippen molar-refractivity contribution in [3.8, 4) is 0 Å². The van der Waals surface area contributed by atoms with Crippen LogP contribution in [0.15, 0.2) is 0 Å². The van der Waals surface area contributed by atoms with E-state index in [9.17, 15) is 9.59 Å². The number of carbonyl (C=O) groups excluding carboxylic acids is 2. The van der Waals surface area contributed by atoms with Crippen LogP contribution in [0.4, 0.5) is 0 Å². The molecule has 0 radical (unpaired) electrons.